The van der Waals surface area contributed by atoms with E-state index in [2.05, 4.69) is 0 Å². The van der Waals surface area contributed by atoms with E-state index < -0.39 is 6.10 Å². The van der Waals surface area contributed by atoms with E-state index in [4.69, 9.17) is 0 Å². The van der Waals surface area contributed by atoms with Crippen LogP contribution in [-0.4, -0.2) is 5.11 Å². The average molecular weight is 168 g/mol. The first kappa shape index (κ1) is 9.20. The van der Waals surface area contributed by atoms with E-state index >= 15 is 0 Å². The van der Waals surface area contributed by atoms with Crippen molar-refractivity contribution >= 4 is 0 Å². The molecule has 0 aliphatic heterocycles. The third-order valence-corrected chi connectivity index (χ3v) is 2.06. The molecular weight excluding hydrogens is 155 g/mol. The van der Waals surface area contributed by atoms with E-state index in [1.165, 1.54) is 6.07 Å². The molecule has 0 aromatic heterocycles. The highest BCUT2D eigenvalue weighted by molar-refractivity contribution is 5.32. The van der Waals surface area contributed by atoms with Gasteiger partial charge in [-0.05, 0) is 38.0 Å². The fourth-order valence-electron chi connectivity index (χ4n) is 1.12. The second kappa shape index (κ2) is 3.23. The second-order valence-corrected chi connectivity index (χ2v) is 3.13. The zero-order valence-electron chi connectivity index (χ0n) is 7.56. The molecule has 0 radical (unpaired) electrons. The minimum atomic E-state index is -0.732. The lowest BCUT2D eigenvalue weighted by Crippen LogP contribution is -1.97. The maximum Gasteiger partial charge on any atom is 0.129 e. The quantitative estimate of drug-likeness (QED) is 0.683. The summed E-state index contributed by atoms with van der Waals surface area (Å²) in [5, 5.41) is 9.18. The highest BCUT2D eigenvalue weighted by atomic mass is 19.1. The Hall–Kier alpha value is -0.890. The number of hydrogen-bond donors (Lipinski definition) is 1. The molecule has 0 heterocycles. The predicted octanol–water partition coefficient (Wildman–Crippen LogP) is 2.50. The molecule has 1 unspecified atom stereocenters. The molecule has 1 N–H and O–H groups in total. The van der Waals surface area contributed by atoms with Crippen LogP contribution >= 0.6 is 0 Å². The van der Waals surface area contributed by atoms with Gasteiger partial charge in [0.25, 0.3) is 0 Å². The number of rotatable bonds is 1. The highest BCUT2D eigenvalue weighted by Gasteiger charge is 2.08. The van der Waals surface area contributed by atoms with E-state index in [1.54, 1.807) is 13.0 Å². The maximum atomic E-state index is 13.1. The van der Waals surface area contributed by atoms with Crippen molar-refractivity contribution in [2.45, 2.75) is 26.9 Å². The summed E-state index contributed by atoms with van der Waals surface area (Å²) in [4.78, 5) is 0. The third-order valence-electron chi connectivity index (χ3n) is 2.06. The van der Waals surface area contributed by atoms with Crippen molar-refractivity contribution in [3.63, 3.8) is 0 Å². The molecule has 0 amide bonds. The van der Waals surface area contributed by atoms with E-state index in [0.717, 1.165) is 11.1 Å². The minimum absolute atomic E-state index is 0.326. The minimum Gasteiger partial charge on any atom is -0.389 e. The zero-order chi connectivity index (χ0) is 9.30. The molecule has 1 rings (SSSR count). The van der Waals surface area contributed by atoms with Gasteiger partial charge in [-0.2, -0.15) is 0 Å². The molecule has 0 spiro atoms. The van der Waals surface area contributed by atoms with Crippen LogP contribution in [0.15, 0.2) is 12.1 Å². The molecule has 2 heteroatoms. The lowest BCUT2D eigenvalue weighted by molar-refractivity contribution is 0.194. The number of aliphatic hydroxyl groups excluding tert-OH is 1. The molecule has 1 atom stereocenters. The SMILES string of the molecule is Cc1cc(F)c(C(C)O)cc1C. The maximum absolute atomic E-state index is 13.1. The molecule has 1 aromatic rings. The van der Waals surface area contributed by atoms with Crippen LogP contribution in [0.4, 0.5) is 4.39 Å². The zero-order valence-corrected chi connectivity index (χ0v) is 7.56. The Morgan fingerprint density at radius 1 is 1.25 bits per heavy atom. The van der Waals surface area contributed by atoms with Crippen molar-refractivity contribution in [1.82, 2.24) is 0 Å². The molecule has 0 aliphatic carbocycles. The van der Waals surface area contributed by atoms with Crippen molar-refractivity contribution in [2.75, 3.05) is 0 Å². The van der Waals surface area contributed by atoms with Crippen LogP contribution in [0.2, 0.25) is 0 Å². The molecular formula is C10H13FO. The van der Waals surface area contributed by atoms with Gasteiger partial charge in [-0.15, -0.1) is 0 Å². The van der Waals surface area contributed by atoms with Gasteiger partial charge in [-0.3, -0.25) is 0 Å². The van der Waals surface area contributed by atoms with Gasteiger partial charge < -0.3 is 5.11 Å². The summed E-state index contributed by atoms with van der Waals surface area (Å²) in [5.74, 6) is -0.326. The predicted molar refractivity (Wildman–Crippen MR) is 46.5 cm³/mol. The number of aryl methyl sites for hydroxylation is 2. The topological polar surface area (TPSA) is 20.2 Å². The van der Waals surface area contributed by atoms with Crippen molar-refractivity contribution in [3.8, 4) is 0 Å². The first-order valence-corrected chi connectivity index (χ1v) is 3.97. The van der Waals surface area contributed by atoms with Crippen molar-refractivity contribution in [2.24, 2.45) is 0 Å². The molecule has 0 saturated heterocycles. The van der Waals surface area contributed by atoms with Gasteiger partial charge in [0, 0.05) is 5.56 Å². The first-order valence-electron chi connectivity index (χ1n) is 3.97. The summed E-state index contributed by atoms with van der Waals surface area (Å²) in [6.07, 6.45) is -0.732. The smallest absolute Gasteiger partial charge is 0.129 e. The van der Waals surface area contributed by atoms with Crippen LogP contribution in [0.3, 0.4) is 0 Å². The number of aliphatic hydroxyl groups is 1. The van der Waals surface area contributed by atoms with Gasteiger partial charge >= 0.3 is 0 Å². The Labute approximate surface area is 71.9 Å². The number of halogens is 1. The molecule has 66 valence electrons. The summed E-state index contributed by atoms with van der Waals surface area (Å²) in [6.45, 7) is 5.32. The molecule has 0 fully saturated rings. The fraction of sp³-hybridized carbons (Fsp3) is 0.400. The Kier molecular flexibility index (Phi) is 2.48. The number of benzene rings is 1. The lowest BCUT2D eigenvalue weighted by atomic mass is 10.0. The van der Waals surface area contributed by atoms with Gasteiger partial charge in [0.15, 0.2) is 0 Å². The van der Waals surface area contributed by atoms with E-state index in [1.807, 2.05) is 13.8 Å². The van der Waals surface area contributed by atoms with Gasteiger partial charge in [-0.25, -0.2) is 4.39 Å². The van der Waals surface area contributed by atoms with E-state index in [-0.39, 0.29) is 5.82 Å². The molecule has 0 bridgehead atoms. The lowest BCUT2D eigenvalue weighted by Gasteiger charge is -2.09. The summed E-state index contributed by atoms with van der Waals surface area (Å²) in [6, 6.07) is 3.15. The summed E-state index contributed by atoms with van der Waals surface area (Å²) in [7, 11) is 0. The second-order valence-electron chi connectivity index (χ2n) is 3.13. The monoisotopic (exact) mass is 168 g/mol. The van der Waals surface area contributed by atoms with Crippen LogP contribution in [-0.2, 0) is 0 Å². The highest BCUT2D eigenvalue weighted by Crippen LogP contribution is 2.20. The van der Waals surface area contributed by atoms with Gasteiger partial charge in [-0.1, -0.05) is 6.07 Å². The molecule has 1 nitrogen and oxygen atoms in total. The van der Waals surface area contributed by atoms with Crippen LogP contribution < -0.4 is 0 Å². The molecule has 12 heavy (non-hydrogen) atoms. The summed E-state index contributed by atoms with van der Waals surface area (Å²) >= 11 is 0. The van der Waals surface area contributed by atoms with Crippen LogP contribution in [0, 0.1) is 19.7 Å². The Balaban J connectivity index is 3.23. The Bertz CT molecular complexity index is 292. The van der Waals surface area contributed by atoms with Crippen molar-refractivity contribution in [3.05, 3.63) is 34.6 Å². The Morgan fingerprint density at radius 3 is 2.25 bits per heavy atom. The standard InChI is InChI=1S/C10H13FO/c1-6-4-9(8(3)12)10(11)5-7(6)2/h4-5,8,12H,1-3H3. The average Bonchev–Trinajstić information content (AvgIpc) is 1.96. The van der Waals surface area contributed by atoms with Gasteiger partial charge in [0.2, 0.25) is 0 Å². The van der Waals surface area contributed by atoms with Gasteiger partial charge in [0.1, 0.15) is 5.82 Å². The summed E-state index contributed by atoms with van der Waals surface area (Å²) in [5.41, 5.74) is 2.29. The van der Waals surface area contributed by atoms with Crippen molar-refractivity contribution < 1.29 is 9.50 Å². The molecule has 0 saturated carbocycles. The molecule has 1 aromatic carbocycles. The normalized spacial score (nSPS) is 13.1. The third kappa shape index (κ3) is 1.64. The number of hydrogen-bond acceptors (Lipinski definition) is 1. The van der Waals surface area contributed by atoms with Crippen LogP contribution in [0.1, 0.15) is 29.7 Å². The fourth-order valence-corrected chi connectivity index (χ4v) is 1.12. The summed E-state index contributed by atoms with van der Waals surface area (Å²) < 4.78 is 13.1. The largest absolute Gasteiger partial charge is 0.389 e. The van der Waals surface area contributed by atoms with Crippen LogP contribution in [0.5, 0.6) is 0 Å². The molecule has 0 aliphatic rings. The Morgan fingerprint density at radius 2 is 1.75 bits per heavy atom. The van der Waals surface area contributed by atoms with E-state index in [9.17, 15) is 9.50 Å². The van der Waals surface area contributed by atoms with Crippen LogP contribution in [0.25, 0.3) is 0 Å². The van der Waals surface area contributed by atoms with Crippen molar-refractivity contribution in [1.29, 1.82) is 0 Å². The van der Waals surface area contributed by atoms with E-state index in [0.29, 0.717) is 5.56 Å². The van der Waals surface area contributed by atoms with Gasteiger partial charge in [0.05, 0.1) is 6.10 Å². The first-order chi connectivity index (χ1) is 5.52.